The van der Waals surface area contributed by atoms with Crippen molar-refractivity contribution >= 4 is 10.1 Å². The molecule has 0 unspecified atom stereocenters. The zero-order valence-electron chi connectivity index (χ0n) is 7.80. The highest BCUT2D eigenvalue weighted by Gasteiger charge is 2.14. The molecule has 0 atom stereocenters. The molecular formula is C9H12O4S. The summed E-state index contributed by atoms with van der Waals surface area (Å²) < 4.78 is 27.4. The van der Waals surface area contributed by atoms with Crippen LogP contribution in [-0.4, -0.2) is 26.7 Å². The lowest BCUT2D eigenvalue weighted by Crippen LogP contribution is -2.09. The van der Waals surface area contributed by atoms with E-state index in [9.17, 15) is 8.42 Å². The monoisotopic (exact) mass is 216 g/mol. The summed E-state index contributed by atoms with van der Waals surface area (Å²) in [5.74, 6) is 0. The topological polar surface area (TPSA) is 63.6 Å². The van der Waals surface area contributed by atoms with E-state index >= 15 is 0 Å². The number of aliphatic hydroxyl groups excluding tert-OH is 1. The van der Waals surface area contributed by atoms with E-state index in [0.29, 0.717) is 0 Å². The summed E-state index contributed by atoms with van der Waals surface area (Å²) in [6.45, 7) is 1.27. The summed E-state index contributed by atoms with van der Waals surface area (Å²) in [5.41, 5.74) is 0.846. The minimum atomic E-state index is -3.70. The lowest BCUT2D eigenvalue weighted by atomic mass is 10.2. The van der Waals surface area contributed by atoms with Gasteiger partial charge in [0, 0.05) is 0 Å². The van der Waals surface area contributed by atoms with Crippen molar-refractivity contribution in [2.45, 2.75) is 11.8 Å². The largest absolute Gasteiger partial charge is 0.394 e. The van der Waals surface area contributed by atoms with Crippen molar-refractivity contribution in [3.05, 3.63) is 29.8 Å². The summed E-state index contributed by atoms with van der Waals surface area (Å²) in [5, 5.41) is 8.44. The number of hydrogen-bond donors (Lipinski definition) is 1. The van der Waals surface area contributed by atoms with Gasteiger partial charge >= 0.3 is 0 Å². The smallest absolute Gasteiger partial charge is 0.297 e. The maximum Gasteiger partial charge on any atom is 0.297 e. The van der Waals surface area contributed by atoms with E-state index in [-0.39, 0.29) is 18.1 Å². The number of hydrogen-bond acceptors (Lipinski definition) is 4. The van der Waals surface area contributed by atoms with Crippen LogP contribution in [-0.2, 0) is 14.3 Å². The van der Waals surface area contributed by atoms with Crippen molar-refractivity contribution in [1.29, 1.82) is 0 Å². The molecule has 78 valence electrons. The van der Waals surface area contributed by atoms with Crippen LogP contribution in [0.2, 0.25) is 0 Å². The second-order valence-electron chi connectivity index (χ2n) is 2.82. The van der Waals surface area contributed by atoms with Gasteiger partial charge in [-0.2, -0.15) is 8.42 Å². The summed E-state index contributed by atoms with van der Waals surface area (Å²) in [6, 6.07) is 6.42. The van der Waals surface area contributed by atoms with Crippen molar-refractivity contribution < 1.29 is 17.7 Å². The van der Waals surface area contributed by atoms with E-state index in [2.05, 4.69) is 4.18 Å². The van der Waals surface area contributed by atoms with Crippen LogP contribution in [0.4, 0.5) is 0 Å². The van der Waals surface area contributed by atoms with E-state index < -0.39 is 10.1 Å². The zero-order valence-corrected chi connectivity index (χ0v) is 8.62. The molecule has 14 heavy (non-hydrogen) atoms. The molecule has 0 radical (unpaired) electrons. The molecule has 0 bridgehead atoms. The predicted molar refractivity (Wildman–Crippen MR) is 51.4 cm³/mol. The average Bonchev–Trinajstić information content (AvgIpc) is 2.15. The third-order valence-electron chi connectivity index (χ3n) is 1.61. The lowest BCUT2D eigenvalue weighted by molar-refractivity contribution is 0.205. The van der Waals surface area contributed by atoms with Crippen LogP contribution in [0.15, 0.2) is 29.2 Å². The molecule has 0 amide bonds. The zero-order chi connectivity index (χ0) is 10.6. The first kappa shape index (κ1) is 11.2. The molecular weight excluding hydrogens is 204 g/mol. The standard InChI is InChI=1S/C9H12O4S/c1-8-3-2-4-9(7-8)14(11,12)13-6-5-10/h2-4,7,10H,5-6H2,1H3. The Morgan fingerprint density at radius 2 is 2.14 bits per heavy atom. The maximum atomic E-state index is 11.4. The van der Waals surface area contributed by atoms with Crippen molar-refractivity contribution in [2.75, 3.05) is 13.2 Å². The summed E-state index contributed by atoms with van der Waals surface area (Å²) >= 11 is 0. The Labute approximate surface area is 83.3 Å². The number of aliphatic hydroxyl groups is 1. The van der Waals surface area contributed by atoms with Gasteiger partial charge < -0.3 is 5.11 Å². The van der Waals surface area contributed by atoms with Crippen molar-refractivity contribution in [3.63, 3.8) is 0 Å². The third kappa shape index (κ3) is 2.80. The van der Waals surface area contributed by atoms with Crippen molar-refractivity contribution in [3.8, 4) is 0 Å². The van der Waals surface area contributed by atoms with Gasteiger partial charge in [0.05, 0.1) is 18.1 Å². The fourth-order valence-electron chi connectivity index (χ4n) is 0.986. The normalized spacial score (nSPS) is 11.6. The highest BCUT2D eigenvalue weighted by Crippen LogP contribution is 2.13. The second-order valence-corrected chi connectivity index (χ2v) is 4.43. The molecule has 0 fully saturated rings. The Kier molecular flexibility index (Phi) is 3.62. The van der Waals surface area contributed by atoms with Crippen LogP contribution >= 0.6 is 0 Å². The molecule has 4 nitrogen and oxygen atoms in total. The van der Waals surface area contributed by atoms with Crippen LogP contribution in [0.1, 0.15) is 5.56 Å². The average molecular weight is 216 g/mol. The first-order valence-corrected chi connectivity index (χ1v) is 5.54. The van der Waals surface area contributed by atoms with Crippen molar-refractivity contribution in [2.24, 2.45) is 0 Å². The Hall–Kier alpha value is -0.910. The molecule has 1 aromatic rings. The number of rotatable bonds is 4. The van der Waals surface area contributed by atoms with E-state index in [1.807, 2.05) is 0 Å². The third-order valence-corrected chi connectivity index (χ3v) is 2.92. The van der Waals surface area contributed by atoms with Crippen LogP contribution < -0.4 is 0 Å². The van der Waals surface area contributed by atoms with Gasteiger partial charge in [-0.15, -0.1) is 0 Å². The van der Waals surface area contributed by atoms with E-state index in [1.165, 1.54) is 12.1 Å². The molecule has 0 saturated carbocycles. The minimum Gasteiger partial charge on any atom is -0.394 e. The fourth-order valence-corrected chi connectivity index (χ4v) is 1.99. The van der Waals surface area contributed by atoms with E-state index in [1.54, 1.807) is 19.1 Å². The summed E-state index contributed by atoms with van der Waals surface area (Å²) in [4.78, 5) is 0.117. The molecule has 0 heterocycles. The molecule has 1 rings (SSSR count). The van der Waals surface area contributed by atoms with Crippen LogP contribution in [0.25, 0.3) is 0 Å². The first-order chi connectivity index (χ1) is 6.56. The second kappa shape index (κ2) is 4.54. The lowest BCUT2D eigenvalue weighted by Gasteiger charge is -2.04. The molecule has 0 spiro atoms. The molecule has 5 heteroatoms. The minimum absolute atomic E-state index is 0.117. The fraction of sp³-hybridized carbons (Fsp3) is 0.333. The molecule has 1 aromatic carbocycles. The van der Waals surface area contributed by atoms with Gasteiger partial charge in [-0.05, 0) is 24.6 Å². The van der Waals surface area contributed by atoms with Gasteiger partial charge in [0.25, 0.3) is 10.1 Å². The molecule has 0 saturated heterocycles. The van der Waals surface area contributed by atoms with Gasteiger partial charge in [0.2, 0.25) is 0 Å². The van der Waals surface area contributed by atoms with Gasteiger partial charge in [-0.25, -0.2) is 0 Å². The quantitative estimate of drug-likeness (QED) is 0.752. The van der Waals surface area contributed by atoms with E-state index in [0.717, 1.165) is 5.56 Å². The number of aryl methyl sites for hydroxylation is 1. The van der Waals surface area contributed by atoms with Crippen LogP contribution in [0.3, 0.4) is 0 Å². The van der Waals surface area contributed by atoms with Gasteiger partial charge in [-0.3, -0.25) is 4.18 Å². The summed E-state index contributed by atoms with van der Waals surface area (Å²) in [7, 11) is -3.70. The van der Waals surface area contributed by atoms with Gasteiger partial charge in [0.15, 0.2) is 0 Å². The molecule has 0 aliphatic heterocycles. The molecule has 0 aliphatic carbocycles. The van der Waals surface area contributed by atoms with Gasteiger partial charge in [0.1, 0.15) is 0 Å². The maximum absolute atomic E-state index is 11.4. The van der Waals surface area contributed by atoms with Gasteiger partial charge in [-0.1, -0.05) is 12.1 Å². The predicted octanol–water partition coefficient (Wildman–Crippen LogP) is 0.693. The van der Waals surface area contributed by atoms with Crippen LogP contribution in [0, 0.1) is 6.92 Å². The van der Waals surface area contributed by atoms with Crippen LogP contribution in [0.5, 0.6) is 0 Å². The SMILES string of the molecule is Cc1cccc(S(=O)(=O)OCCO)c1. The molecule has 1 N–H and O–H groups in total. The molecule has 0 aliphatic rings. The Bertz CT molecular complexity index is 397. The Morgan fingerprint density at radius 3 is 2.71 bits per heavy atom. The Balaban J connectivity index is 2.93. The highest BCUT2D eigenvalue weighted by molar-refractivity contribution is 7.86. The van der Waals surface area contributed by atoms with Crippen molar-refractivity contribution in [1.82, 2.24) is 0 Å². The summed E-state index contributed by atoms with van der Waals surface area (Å²) in [6.07, 6.45) is 0. The molecule has 0 aromatic heterocycles. The van der Waals surface area contributed by atoms with E-state index in [4.69, 9.17) is 5.11 Å². The first-order valence-electron chi connectivity index (χ1n) is 4.13. The highest BCUT2D eigenvalue weighted by atomic mass is 32.2. The number of benzene rings is 1. The Morgan fingerprint density at radius 1 is 1.43 bits per heavy atom.